The zero-order valence-corrected chi connectivity index (χ0v) is 11.7. The van der Waals surface area contributed by atoms with Crippen LogP contribution in [0, 0.1) is 18.3 Å². The van der Waals surface area contributed by atoms with Crippen molar-refractivity contribution in [3.05, 3.63) is 35.8 Å². The van der Waals surface area contributed by atoms with E-state index in [0.717, 1.165) is 41.4 Å². The van der Waals surface area contributed by atoms with E-state index in [9.17, 15) is 5.26 Å². The molecule has 1 saturated carbocycles. The van der Waals surface area contributed by atoms with Crippen LogP contribution in [0.2, 0.25) is 0 Å². The number of H-pyrrole nitrogens is 1. The molecule has 0 unspecified atom stereocenters. The number of nitrogens with one attached hydrogen (secondary N) is 1. The van der Waals surface area contributed by atoms with E-state index in [0.29, 0.717) is 6.61 Å². The number of hydrogen-bond acceptors (Lipinski definition) is 3. The Bertz CT molecular complexity index is 660. The van der Waals surface area contributed by atoms with Crippen LogP contribution < -0.4 is 4.74 Å². The van der Waals surface area contributed by atoms with Gasteiger partial charge < -0.3 is 9.72 Å². The number of aryl methyl sites for hydroxylation is 1. The second-order valence-electron chi connectivity index (χ2n) is 5.21. The second-order valence-corrected chi connectivity index (χ2v) is 5.21. The zero-order chi connectivity index (χ0) is 14.2. The summed E-state index contributed by atoms with van der Waals surface area (Å²) < 4.78 is 5.44. The number of aromatic amines is 1. The van der Waals surface area contributed by atoms with Gasteiger partial charge in [0.2, 0.25) is 0 Å². The van der Waals surface area contributed by atoms with Crippen LogP contribution in [0.1, 0.15) is 31.3 Å². The van der Waals surface area contributed by atoms with Crippen molar-refractivity contribution >= 4 is 0 Å². The molecule has 0 radical (unpaired) electrons. The van der Waals surface area contributed by atoms with Crippen molar-refractivity contribution in [2.24, 2.45) is 0 Å². The van der Waals surface area contributed by atoms with E-state index in [2.05, 4.69) is 16.0 Å². The van der Waals surface area contributed by atoms with Gasteiger partial charge in [0.15, 0.2) is 0 Å². The molecule has 4 nitrogen and oxygen atoms in total. The highest BCUT2D eigenvalue weighted by Crippen LogP contribution is 2.46. The molecule has 0 amide bonds. The van der Waals surface area contributed by atoms with Crippen LogP contribution >= 0.6 is 0 Å². The topological polar surface area (TPSA) is 61.7 Å². The molecule has 102 valence electrons. The molecule has 4 heteroatoms. The smallest absolute Gasteiger partial charge is 0.127 e. The van der Waals surface area contributed by atoms with E-state index in [4.69, 9.17) is 4.74 Å². The van der Waals surface area contributed by atoms with Gasteiger partial charge in [-0.3, -0.25) is 0 Å². The van der Waals surface area contributed by atoms with Gasteiger partial charge >= 0.3 is 0 Å². The van der Waals surface area contributed by atoms with Gasteiger partial charge in [-0.2, -0.15) is 5.26 Å². The molecule has 1 aliphatic carbocycles. The molecule has 1 fully saturated rings. The largest absolute Gasteiger partial charge is 0.494 e. The van der Waals surface area contributed by atoms with Crippen LogP contribution in [0.4, 0.5) is 0 Å². The Balaban J connectivity index is 1.92. The molecular formula is C16H17N3O. The third-order valence-electron chi connectivity index (χ3n) is 3.74. The summed E-state index contributed by atoms with van der Waals surface area (Å²) in [6.07, 6.45) is 1.80. The number of hydrogen-bond donors (Lipinski definition) is 1. The summed E-state index contributed by atoms with van der Waals surface area (Å²) in [7, 11) is 0. The van der Waals surface area contributed by atoms with Gasteiger partial charge in [0, 0.05) is 11.3 Å². The summed E-state index contributed by atoms with van der Waals surface area (Å²) in [5, 5.41) is 9.25. The fourth-order valence-electron chi connectivity index (χ4n) is 2.37. The van der Waals surface area contributed by atoms with Crippen LogP contribution in [0.3, 0.4) is 0 Å². The quantitative estimate of drug-likeness (QED) is 0.924. The fraction of sp³-hybridized carbons (Fsp3) is 0.375. The fourth-order valence-corrected chi connectivity index (χ4v) is 2.37. The van der Waals surface area contributed by atoms with Crippen molar-refractivity contribution in [1.29, 1.82) is 5.26 Å². The number of rotatable bonds is 4. The summed E-state index contributed by atoms with van der Waals surface area (Å²) in [6, 6.07) is 10.3. The summed E-state index contributed by atoms with van der Waals surface area (Å²) in [5.41, 5.74) is 2.60. The first-order chi connectivity index (χ1) is 9.68. The van der Waals surface area contributed by atoms with Gasteiger partial charge in [-0.1, -0.05) is 0 Å². The first kappa shape index (κ1) is 12.7. The zero-order valence-electron chi connectivity index (χ0n) is 11.7. The lowest BCUT2D eigenvalue weighted by Crippen LogP contribution is -2.04. The third kappa shape index (κ3) is 2.05. The summed E-state index contributed by atoms with van der Waals surface area (Å²) in [6.45, 7) is 4.63. The average molecular weight is 267 g/mol. The minimum atomic E-state index is -0.367. The van der Waals surface area contributed by atoms with Crippen molar-refractivity contribution in [2.45, 2.75) is 32.1 Å². The number of benzene rings is 1. The number of nitrogens with zero attached hydrogens (tertiary/aromatic N) is 2. The standard InChI is InChI=1S/C16H17N3O/c1-3-20-13-6-4-12(5-7-13)14-11(2)18-15(19-14)16(10-17)8-9-16/h4-7H,3,8-9H2,1-2H3,(H,18,19). The van der Waals surface area contributed by atoms with Crippen LogP contribution in [0.25, 0.3) is 11.3 Å². The second kappa shape index (κ2) is 4.68. The number of aromatic nitrogens is 2. The van der Waals surface area contributed by atoms with Crippen LogP contribution in [0.5, 0.6) is 5.75 Å². The molecule has 0 saturated heterocycles. The minimum Gasteiger partial charge on any atom is -0.494 e. The maximum absolute atomic E-state index is 9.25. The van der Waals surface area contributed by atoms with E-state index in [1.54, 1.807) is 0 Å². The Hall–Kier alpha value is -2.28. The van der Waals surface area contributed by atoms with Gasteiger partial charge in [0.05, 0.1) is 18.4 Å². The van der Waals surface area contributed by atoms with Gasteiger partial charge in [-0.15, -0.1) is 0 Å². The van der Waals surface area contributed by atoms with Gasteiger partial charge in [-0.25, -0.2) is 4.98 Å². The molecule has 0 spiro atoms. The molecule has 0 aliphatic heterocycles. The maximum atomic E-state index is 9.25. The van der Waals surface area contributed by atoms with Crippen LogP contribution in [0.15, 0.2) is 24.3 Å². The molecule has 1 aromatic carbocycles. The van der Waals surface area contributed by atoms with E-state index in [-0.39, 0.29) is 5.41 Å². The minimum absolute atomic E-state index is 0.367. The van der Waals surface area contributed by atoms with Gasteiger partial charge in [0.1, 0.15) is 17.0 Å². The number of ether oxygens (including phenoxy) is 1. The van der Waals surface area contributed by atoms with Crippen molar-refractivity contribution in [2.75, 3.05) is 6.61 Å². The highest BCUT2D eigenvalue weighted by molar-refractivity contribution is 5.63. The van der Waals surface area contributed by atoms with Crippen LogP contribution in [-0.4, -0.2) is 16.6 Å². The Labute approximate surface area is 118 Å². The van der Waals surface area contributed by atoms with E-state index in [1.165, 1.54) is 0 Å². The monoisotopic (exact) mass is 267 g/mol. The molecular weight excluding hydrogens is 250 g/mol. The van der Waals surface area contributed by atoms with E-state index >= 15 is 0 Å². The lowest BCUT2D eigenvalue weighted by atomic mass is 10.1. The van der Waals surface area contributed by atoms with Crippen LogP contribution in [-0.2, 0) is 5.41 Å². The van der Waals surface area contributed by atoms with Crippen molar-refractivity contribution < 1.29 is 4.74 Å². The van der Waals surface area contributed by atoms with Gasteiger partial charge in [0.25, 0.3) is 0 Å². The molecule has 2 aromatic rings. The SMILES string of the molecule is CCOc1ccc(-c2nc(C3(C#N)CC3)[nH]c2C)cc1. The molecule has 1 aromatic heterocycles. The summed E-state index contributed by atoms with van der Waals surface area (Å²) in [4.78, 5) is 7.91. The average Bonchev–Trinajstić information content (AvgIpc) is 3.17. The Morgan fingerprint density at radius 3 is 2.60 bits per heavy atom. The summed E-state index contributed by atoms with van der Waals surface area (Å²) >= 11 is 0. The molecule has 20 heavy (non-hydrogen) atoms. The molecule has 1 aliphatic rings. The molecule has 1 heterocycles. The Kier molecular flexibility index (Phi) is 2.98. The maximum Gasteiger partial charge on any atom is 0.127 e. The highest BCUT2D eigenvalue weighted by atomic mass is 16.5. The highest BCUT2D eigenvalue weighted by Gasteiger charge is 2.48. The predicted molar refractivity (Wildman–Crippen MR) is 76.5 cm³/mol. The lowest BCUT2D eigenvalue weighted by molar-refractivity contribution is 0.340. The van der Waals surface area contributed by atoms with Crippen molar-refractivity contribution in [1.82, 2.24) is 9.97 Å². The summed E-state index contributed by atoms with van der Waals surface area (Å²) in [5.74, 6) is 1.67. The van der Waals surface area contributed by atoms with E-state index < -0.39 is 0 Å². The third-order valence-corrected chi connectivity index (χ3v) is 3.74. The molecule has 0 bridgehead atoms. The van der Waals surface area contributed by atoms with Crippen molar-refractivity contribution in [3.8, 4) is 23.1 Å². The molecule has 3 rings (SSSR count). The number of nitriles is 1. The lowest BCUT2D eigenvalue weighted by Gasteiger charge is -2.04. The first-order valence-corrected chi connectivity index (χ1v) is 6.90. The predicted octanol–water partition coefficient (Wildman–Crippen LogP) is 3.34. The van der Waals surface area contributed by atoms with Gasteiger partial charge in [-0.05, 0) is 51.0 Å². The molecule has 0 atom stereocenters. The number of imidazole rings is 1. The van der Waals surface area contributed by atoms with E-state index in [1.807, 2.05) is 38.1 Å². The normalized spacial score (nSPS) is 15.7. The molecule has 1 N–H and O–H groups in total. The Morgan fingerprint density at radius 1 is 1.35 bits per heavy atom. The Morgan fingerprint density at radius 2 is 2.05 bits per heavy atom. The first-order valence-electron chi connectivity index (χ1n) is 6.90. The van der Waals surface area contributed by atoms with Crippen molar-refractivity contribution in [3.63, 3.8) is 0 Å².